The van der Waals surface area contributed by atoms with E-state index in [0.717, 1.165) is 19.6 Å². The minimum atomic E-state index is 0.580. The lowest BCUT2D eigenvalue weighted by Gasteiger charge is -2.15. The van der Waals surface area contributed by atoms with Crippen LogP contribution >= 0.6 is 0 Å². The Morgan fingerprint density at radius 1 is 1.25 bits per heavy atom. The Hall–Kier alpha value is -1.12. The van der Waals surface area contributed by atoms with Crippen LogP contribution in [-0.2, 0) is 0 Å². The standard InChI is InChI=1S/C18H30N2/c1-15(2)18(14-19-11-8-12-20(4)5)13-17-10-7-6-9-16(17)3/h6-7,9-10,13,15,19H,8,11-12,14H2,1-5H3/b18-13-. The SMILES string of the molecule is Cc1ccccc1/C=C(/CNCCCN(C)C)C(C)C. The highest BCUT2D eigenvalue weighted by Crippen LogP contribution is 2.16. The molecule has 0 unspecified atom stereocenters. The third-order valence-electron chi connectivity index (χ3n) is 3.56. The molecule has 0 atom stereocenters. The van der Waals surface area contributed by atoms with Crippen LogP contribution in [-0.4, -0.2) is 38.6 Å². The molecule has 0 heterocycles. The smallest absolute Gasteiger partial charge is 0.0170 e. The van der Waals surface area contributed by atoms with Crippen molar-refractivity contribution in [2.75, 3.05) is 33.7 Å². The van der Waals surface area contributed by atoms with Crippen LogP contribution in [0.25, 0.3) is 6.08 Å². The van der Waals surface area contributed by atoms with Crippen LogP contribution in [0.15, 0.2) is 29.8 Å². The van der Waals surface area contributed by atoms with Crippen molar-refractivity contribution in [2.24, 2.45) is 5.92 Å². The van der Waals surface area contributed by atoms with Crippen molar-refractivity contribution in [3.05, 3.63) is 41.0 Å². The molecular weight excluding hydrogens is 244 g/mol. The van der Waals surface area contributed by atoms with Gasteiger partial charge in [-0.25, -0.2) is 0 Å². The second-order valence-corrected chi connectivity index (χ2v) is 6.06. The summed E-state index contributed by atoms with van der Waals surface area (Å²) in [6, 6.07) is 8.58. The number of nitrogens with one attached hydrogen (secondary N) is 1. The topological polar surface area (TPSA) is 15.3 Å². The van der Waals surface area contributed by atoms with Gasteiger partial charge in [0.25, 0.3) is 0 Å². The highest BCUT2D eigenvalue weighted by atomic mass is 15.0. The van der Waals surface area contributed by atoms with Crippen LogP contribution in [0.4, 0.5) is 0 Å². The largest absolute Gasteiger partial charge is 0.313 e. The Morgan fingerprint density at radius 2 is 1.95 bits per heavy atom. The number of rotatable bonds is 8. The first-order valence-electron chi connectivity index (χ1n) is 7.62. The molecule has 0 radical (unpaired) electrons. The first kappa shape index (κ1) is 16.9. The fourth-order valence-corrected chi connectivity index (χ4v) is 2.12. The number of hydrogen-bond donors (Lipinski definition) is 1. The number of benzene rings is 1. The van der Waals surface area contributed by atoms with Gasteiger partial charge in [-0.3, -0.25) is 0 Å². The van der Waals surface area contributed by atoms with Crippen LogP contribution in [0.5, 0.6) is 0 Å². The molecule has 0 fully saturated rings. The van der Waals surface area contributed by atoms with E-state index in [1.807, 2.05) is 0 Å². The number of hydrogen-bond acceptors (Lipinski definition) is 2. The zero-order valence-electron chi connectivity index (χ0n) is 13.7. The molecule has 2 heteroatoms. The van der Waals surface area contributed by atoms with Crippen LogP contribution in [0.3, 0.4) is 0 Å². The first-order valence-corrected chi connectivity index (χ1v) is 7.62. The summed E-state index contributed by atoms with van der Waals surface area (Å²) in [7, 11) is 4.25. The molecule has 20 heavy (non-hydrogen) atoms. The maximum atomic E-state index is 3.57. The zero-order chi connectivity index (χ0) is 15.0. The summed E-state index contributed by atoms with van der Waals surface area (Å²) >= 11 is 0. The molecule has 0 saturated heterocycles. The maximum absolute atomic E-state index is 3.57. The molecule has 0 bridgehead atoms. The first-order chi connectivity index (χ1) is 9.50. The van der Waals surface area contributed by atoms with Crippen LogP contribution < -0.4 is 5.32 Å². The monoisotopic (exact) mass is 274 g/mol. The van der Waals surface area contributed by atoms with E-state index in [9.17, 15) is 0 Å². The van der Waals surface area contributed by atoms with Gasteiger partial charge in [0, 0.05) is 6.54 Å². The van der Waals surface area contributed by atoms with E-state index in [0.29, 0.717) is 5.92 Å². The van der Waals surface area contributed by atoms with E-state index >= 15 is 0 Å². The lowest BCUT2D eigenvalue weighted by molar-refractivity contribution is 0.395. The molecule has 112 valence electrons. The predicted molar refractivity (Wildman–Crippen MR) is 90.0 cm³/mol. The maximum Gasteiger partial charge on any atom is 0.0170 e. The summed E-state index contributed by atoms with van der Waals surface area (Å²) in [6.45, 7) is 9.92. The molecule has 1 aromatic carbocycles. The van der Waals surface area contributed by atoms with E-state index in [-0.39, 0.29) is 0 Å². The van der Waals surface area contributed by atoms with Crippen molar-refractivity contribution in [2.45, 2.75) is 27.2 Å². The Balaban J connectivity index is 2.55. The van der Waals surface area contributed by atoms with Gasteiger partial charge in [-0.1, -0.05) is 49.8 Å². The molecule has 0 spiro atoms. The average molecular weight is 274 g/mol. The predicted octanol–water partition coefficient (Wildman–Crippen LogP) is 3.58. The molecule has 1 aromatic rings. The van der Waals surface area contributed by atoms with E-state index in [2.05, 4.69) is 75.4 Å². The van der Waals surface area contributed by atoms with Crippen molar-refractivity contribution >= 4 is 6.08 Å². The molecule has 0 aromatic heterocycles. The minimum Gasteiger partial charge on any atom is -0.313 e. The molecule has 1 N–H and O–H groups in total. The van der Waals surface area contributed by atoms with Crippen molar-refractivity contribution in [1.82, 2.24) is 10.2 Å². The lowest BCUT2D eigenvalue weighted by Crippen LogP contribution is -2.24. The van der Waals surface area contributed by atoms with Crippen molar-refractivity contribution in [3.63, 3.8) is 0 Å². The second-order valence-electron chi connectivity index (χ2n) is 6.06. The van der Waals surface area contributed by atoms with E-state index in [4.69, 9.17) is 0 Å². The molecule has 0 aliphatic heterocycles. The van der Waals surface area contributed by atoms with Gasteiger partial charge in [0.2, 0.25) is 0 Å². The molecule has 0 amide bonds. The molecule has 0 aliphatic carbocycles. The Labute approximate surface area is 124 Å². The number of aryl methyl sites for hydroxylation is 1. The summed E-state index contributed by atoms with van der Waals surface area (Å²) in [4.78, 5) is 2.23. The van der Waals surface area contributed by atoms with Gasteiger partial charge in [0.15, 0.2) is 0 Å². The summed E-state index contributed by atoms with van der Waals surface area (Å²) in [6.07, 6.45) is 3.54. The van der Waals surface area contributed by atoms with Gasteiger partial charge in [0.1, 0.15) is 0 Å². The summed E-state index contributed by atoms with van der Waals surface area (Å²) in [5, 5.41) is 3.57. The van der Waals surface area contributed by atoms with Gasteiger partial charge >= 0.3 is 0 Å². The minimum absolute atomic E-state index is 0.580. The van der Waals surface area contributed by atoms with Crippen molar-refractivity contribution in [1.29, 1.82) is 0 Å². The third kappa shape index (κ3) is 6.36. The quantitative estimate of drug-likeness (QED) is 0.729. The van der Waals surface area contributed by atoms with E-state index < -0.39 is 0 Å². The van der Waals surface area contributed by atoms with E-state index in [1.54, 1.807) is 0 Å². The molecule has 0 saturated carbocycles. The fraction of sp³-hybridized carbons (Fsp3) is 0.556. The Morgan fingerprint density at radius 3 is 2.55 bits per heavy atom. The molecular formula is C18H30N2. The van der Waals surface area contributed by atoms with E-state index in [1.165, 1.54) is 23.1 Å². The molecule has 0 aliphatic rings. The van der Waals surface area contributed by atoms with Gasteiger partial charge in [-0.2, -0.15) is 0 Å². The third-order valence-corrected chi connectivity index (χ3v) is 3.56. The fourth-order valence-electron chi connectivity index (χ4n) is 2.12. The van der Waals surface area contributed by atoms with Gasteiger partial charge in [-0.15, -0.1) is 0 Å². The summed E-state index contributed by atoms with van der Waals surface area (Å²) in [5.74, 6) is 0.580. The summed E-state index contributed by atoms with van der Waals surface area (Å²) < 4.78 is 0. The highest BCUT2D eigenvalue weighted by Gasteiger charge is 2.04. The Kier molecular flexibility index (Phi) is 7.56. The van der Waals surface area contributed by atoms with Crippen LogP contribution in [0.1, 0.15) is 31.4 Å². The van der Waals surface area contributed by atoms with Crippen molar-refractivity contribution in [3.8, 4) is 0 Å². The van der Waals surface area contributed by atoms with Gasteiger partial charge in [0.05, 0.1) is 0 Å². The molecule has 1 rings (SSSR count). The zero-order valence-corrected chi connectivity index (χ0v) is 13.7. The van der Waals surface area contributed by atoms with Crippen molar-refractivity contribution < 1.29 is 0 Å². The van der Waals surface area contributed by atoms with Gasteiger partial charge in [-0.05, 0) is 57.6 Å². The van der Waals surface area contributed by atoms with Crippen LogP contribution in [0.2, 0.25) is 0 Å². The van der Waals surface area contributed by atoms with Gasteiger partial charge < -0.3 is 10.2 Å². The summed E-state index contributed by atoms with van der Waals surface area (Å²) in [5.41, 5.74) is 4.16. The van der Waals surface area contributed by atoms with Crippen LogP contribution in [0, 0.1) is 12.8 Å². The highest BCUT2D eigenvalue weighted by molar-refractivity contribution is 5.57. The average Bonchev–Trinajstić information content (AvgIpc) is 2.38. The second kappa shape index (κ2) is 8.93. The Bertz CT molecular complexity index is 419. The molecule has 2 nitrogen and oxygen atoms in total. The number of nitrogens with zero attached hydrogens (tertiary/aromatic N) is 1. The lowest BCUT2D eigenvalue weighted by atomic mass is 9.98. The normalized spacial score (nSPS) is 12.4.